The Bertz CT molecular complexity index is 851. The summed E-state index contributed by atoms with van der Waals surface area (Å²) in [6.07, 6.45) is 1.97. The predicted molar refractivity (Wildman–Crippen MR) is 124 cm³/mol. The number of benzene rings is 1. The van der Waals surface area contributed by atoms with Gasteiger partial charge < -0.3 is 14.7 Å². The molecule has 0 unspecified atom stereocenters. The molecule has 2 heterocycles. The number of hydrogen-bond acceptors (Lipinski definition) is 6. The minimum Gasteiger partial charge on any atom is -0.360 e. The van der Waals surface area contributed by atoms with Crippen LogP contribution in [-0.4, -0.2) is 72.5 Å². The van der Waals surface area contributed by atoms with E-state index in [-0.39, 0.29) is 5.91 Å². The second kappa shape index (κ2) is 10.8. The van der Waals surface area contributed by atoms with Crippen molar-refractivity contribution in [3.05, 3.63) is 47.2 Å². The van der Waals surface area contributed by atoms with E-state index in [9.17, 15) is 4.79 Å². The molecular formula is C23H33N5OS. The number of anilines is 1. The van der Waals surface area contributed by atoms with Gasteiger partial charge in [0.15, 0.2) is 5.16 Å². The molecule has 0 spiro atoms. The van der Waals surface area contributed by atoms with E-state index in [2.05, 4.69) is 49.9 Å². The number of likely N-dealkylation sites (N-methyl/N-ethyl adjacent to an activating group) is 1. The maximum absolute atomic E-state index is 12.9. The summed E-state index contributed by atoms with van der Waals surface area (Å²) in [5, 5.41) is 0.795. The van der Waals surface area contributed by atoms with Crippen LogP contribution in [0.15, 0.2) is 35.5 Å². The zero-order valence-electron chi connectivity index (χ0n) is 18.6. The smallest absolute Gasteiger partial charge is 0.253 e. The lowest BCUT2D eigenvalue weighted by atomic mass is 10.1. The van der Waals surface area contributed by atoms with Gasteiger partial charge in [-0.15, -0.1) is 0 Å². The summed E-state index contributed by atoms with van der Waals surface area (Å²) in [7, 11) is 4.17. The number of aryl methyl sites for hydroxylation is 1. The molecule has 0 N–H and O–H groups in total. The van der Waals surface area contributed by atoms with Gasteiger partial charge in [0.1, 0.15) is 5.82 Å². The molecule has 3 rings (SSSR count). The third-order valence-corrected chi connectivity index (χ3v) is 6.31. The fourth-order valence-electron chi connectivity index (χ4n) is 3.48. The average Bonchev–Trinajstić information content (AvgIpc) is 2.78. The molecule has 1 fully saturated rings. The molecule has 0 saturated carbocycles. The number of piperazine rings is 1. The van der Waals surface area contributed by atoms with E-state index in [4.69, 9.17) is 9.97 Å². The quantitative estimate of drug-likeness (QED) is 0.474. The lowest BCUT2D eigenvalue weighted by molar-refractivity contribution is 0.0664. The number of nitrogens with zero attached hydrogens (tertiary/aromatic N) is 5. The summed E-state index contributed by atoms with van der Waals surface area (Å²) in [6, 6.07) is 10.1. The van der Waals surface area contributed by atoms with Gasteiger partial charge in [-0.3, -0.25) is 4.79 Å². The van der Waals surface area contributed by atoms with Crippen molar-refractivity contribution in [2.24, 2.45) is 0 Å². The third-order valence-electron chi connectivity index (χ3n) is 5.39. The topological polar surface area (TPSA) is 52.6 Å². The Balaban J connectivity index is 1.68. The zero-order chi connectivity index (χ0) is 21.5. The number of carbonyl (C=O) groups excluding carboxylic acids is 1. The second-order valence-corrected chi connectivity index (χ2v) is 8.80. The normalized spacial score (nSPS) is 14.7. The highest BCUT2D eigenvalue weighted by atomic mass is 32.2. The molecule has 2 aromatic rings. The Morgan fingerprint density at radius 3 is 2.60 bits per heavy atom. The molecule has 0 aliphatic carbocycles. The molecule has 30 heavy (non-hydrogen) atoms. The first-order chi connectivity index (χ1) is 14.5. The molecule has 1 aliphatic heterocycles. The summed E-state index contributed by atoms with van der Waals surface area (Å²) in [6.45, 7) is 8.71. The van der Waals surface area contributed by atoms with E-state index in [1.165, 1.54) is 0 Å². The van der Waals surface area contributed by atoms with Gasteiger partial charge in [0.2, 0.25) is 0 Å². The van der Waals surface area contributed by atoms with Gasteiger partial charge in [-0.1, -0.05) is 37.7 Å². The summed E-state index contributed by atoms with van der Waals surface area (Å²) < 4.78 is 0. The SMILES string of the molecule is CCCN(C)c1cc(CC)nc(SCc2cccc(C(=O)N3CCN(C)CC3)c2)n1. The van der Waals surface area contributed by atoms with E-state index in [0.717, 1.165) is 79.1 Å². The van der Waals surface area contributed by atoms with Gasteiger partial charge in [0, 0.05) is 62.8 Å². The lowest BCUT2D eigenvalue weighted by Crippen LogP contribution is -2.47. The third kappa shape index (κ3) is 5.95. The van der Waals surface area contributed by atoms with Crippen LogP contribution >= 0.6 is 11.8 Å². The van der Waals surface area contributed by atoms with Crippen molar-refractivity contribution in [3.63, 3.8) is 0 Å². The number of amides is 1. The number of aromatic nitrogens is 2. The average molecular weight is 428 g/mol. The van der Waals surface area contributed by atoms with Gasteiger partial charge in [0.05, 0.1) is 0 Å². The summed E-state index contributed by atoms with van der Waals surface area (Å²) in [5.74, 6) is 1.85. The first-order valence-corrected chi connectivity index (χ1v) is 11.8. The van der Waals surface area contributed by atoms with Crippen molar-refractivity contribution in [2.75, 3.05) is 51.7 Å². The van der Waals surface area contributed by atoms with Crippen LogP contribution in [0.1, 0.15) is 41.9 Å². The van der Waals surface area contributed by atoms with Crippen molar-refractivity contribution in [1.82, 2.24) is 19.8 Å². The monoisotopic (exact) mass is 427 g/mol. The van der Waals surface area contributed by atoms with E-state index >= 15 is 0 Å². The molecule has 0 atom stereocenters. The highest BCUT2D eigenvalue weighted by molar-refractivity contribution is 7.98. The maximum atomic E-state index is 12.9. The molecule has 0 bridgehead atoms. The van der Waals surface area contributed by atoms with Gasteiger partial charge in [-0.05, 0) is 37.6 Å². The summed E-state index contributed by atoms with van der Waals surface area (Å²) in [5.41, 5.74) is 2.95. The molecule has 7 heteroatoms. The van der Waals surface area contributed by atoms with Crippen molar-refractivity contribution in [1.29, 1.82) is 0 Å². The molecule has 1 aromatic carbocycles. The minimum atomic E-state index is 0.127. The number of rotatable bonds is 8. The Morgan fingerprint density at radius 2 is 1.90 bits per heavy atom. The van der Waals surface area contributed by atoms with Crippen molar-refractivity contribution >= 4 is 23.5 Å². The van der Waals surface area contributed by atoms with Crippen molar-refractivity contribution < 1.29 is 4.79 Å². The van der Waals surface area contributed by atoms with Gasteiger partial charge in [0.25, 0.3) is 5.91 Å². The second-order valence-electron chi connectivity index (χ2n) is 7.86. The van der Waals surface area contributed by atoms with E-state index in [1.54, 1.807) is 11.8 Å². The van der Waals surface area contributed by atoms with Crippen LogP contribution in [0.4, 0.5) is 5.82 Å². The fourth-order valence-corrected chi connectivity index (χ4v) is 4.30. The van der Waals surface area contributed by atoms with Crippen LogP contribution in [0.2, 0.25) is 0 Å². The highest BCUT2D eigenvalue weighted by Crippen LogP contribution is 2.24. The Hall–Kier alpha value is -2.12. The first kappa shape index (κ1) is 22.6. The Labute approximate surface area is 184 Å². The van der Waals surface area contributed by atoms with Crippen LogP contribution in [-0.2, 0) is 12.2 Å². The molecule has 1 amide bonds. The van der Waals surface area contributed by atoms with Crippen molar-refractivity contribution in [3.8, 4) is 0 Å². The number of thioether (sulfide) groups is 1. The van der Waals surface area contributed by atoms with Crippen LogP contribution in [0.25, 0.3) is 0 Å². The van der Waals surface area contributed by atoms with Crippen LogP contribution in [0.3, 0.4) is 0 Å². The minimum absolute atomic E-state index is 0.127. The molecule has 0 radical (unpaired) electrons. The van der Waals surface area contributed by atoms with E-state index in [1.807, 2.05) is 23.1 Å². The maximum Gasteiger partial charge on any atom is 0.253 e. The molecular weight excluding hydrogens is 394 g/mol. The van der Waals surface area contributed by atoms with Gasteiger partial charge >= 0.3 is 0 Å². The number of carbonyl (C=O) groups is 1. The zero-order valence-corrected chi connectivity index (χ0v) is 19.4. The molecule has 162 valence electrons. The summed E-state index contributed by atoms with van der Waals surface area (Å²) in [4.78, 5) is 28.7. The molecule has 1 aliphatic rings. The first-order valence-electron chi connectivity index (χ1n) is 10.8. The predicted octanol–water partition coefficient (Wildman–Crippen LogP) is 3.57. The standard InChI is InChI=1S/C23H33N5OS/c1-5-10-27(4)21-16-20(6-2)24-23(25-21)30-17-18-8-7-9-19(15-18)22(29)28-13-11-26(3)12-14-28/h7-9,15-16H,5-6,10-14,17H2,1-4H3. The largest absolute Gasteiger partial charge is 0.360 e. The van der Waals surface area contributed by atoms with Gasteiger partial charge in [-0.25, -0.2) is 9.97 Å². The molecule has 1 saturated heterocycles. The Morgan fingerprint density at radius 1 is 1.13 bits per heavy atom. The number of hydrogen-bond donors (Lipinski definition) is 0. The van der Waals surface area contributed by atoms with Gasteiger partial charge in [-0.2, -0.15) is 0 Å². The van der Waals surface area contributed by atoms with Crippen LogP contribution in [0.5, 0.6) is 0 Å². The highest BCUT2D eigenvalue weighted by Gasteiger charge is 2.20. The lowest BCUT2D eigenvalue weighted by Gasteiger charge is -2.32. The molecule has 1 aromatic heterocycles. The fraction of sp³-hybridized carbons (Fsp3) is 0.522. The van der Waals surface area contributed by atoms with Crippen molar-refractivity contribution in [2.45, 2.75) is 37.6 Å². The van der Waals surface area contributed by atoms with Crippen LogP contribution < -0.4 is 4.90 Å². The van der Waals surface area contributed by atoms with E-state index in [0.29, 0.717) is 0 Å². The molecule has 6 nitrogen and oxygen atoms in total. The Kier molecular flexibility index (Phi) is 8.10. The summed E-state index contributed by atoms with van der Waals surface area (Å²) >= 11 is 1.63. The van der Waals surface area contributed by atoms with E-state index < -0.39 is 0 Å². The van der Waals surface area contributed by atoms with Crippen LogP contribution in [0, 0.1) is 0 Å².